The number of benzene rings is 1. The molecule has 22 heavy (non-hydrogen) atoms. The summed E-state index contributed by atoms with van der Waals surface area (Å²) in [6.45, 7) is 6.98. The molecule has 0 bridgehead atoms. The van der Waals surface area contributed by atoms with Crippen molar-refractivity contribution in [1.29, 1.82) is 0 Å². The topological polar surface area (TPSA) is 47.6 Å². The van der Waals surface area contributed by atoms with Crippen LogP contribution in [0.3, 0.4) is 0 Å². The van der Waals surface area contributed by atoms with E-state index in [0.717, 1.165) is 36.1 Å². The van der Waals surface area contributed by atoms with Crippen LogP contribution in [0.2, 0.25) is 0 Å². The predicted octanol–water partition coefficient (Wildman–Crippen LogP) is 4.62. The third kappa shape index (κ3) is 4.90. The minimum atomic E-state index is -0.450. The maximum Gasteiger partial charge on any atom is 0.407 e. The minimum Gasteiger partial charge on any atom is -0.493 e. The number of rotatable bonds is 4. The van der Waals surface area contributed by atoms with Gasteiger partial charge in [-0.15, -0.1) is 0 Å². The van der Waals surface area contributed by atoms with E-state index in [2.05, 4.69) is 27.3 Å². The standard InChI is InChI=1S/C17H24BrNO3/c1-17(2,3)22-16(20)19-10-5-6-12-9-11-21-14-8-4-7-13(18)15(12)14/h4,7-8,12H,5-6,9-11H2,1-3H3,(H,19,20). The van der Waals surface area contributed by atoms with E-state index in [1.165, 1.54) is 5.56 Å². The first-order valence-electron chi connectivity index (χ1n) is 7.75. The first-order chi connectivity index (χ1) is 10.4. The molecule has 5 heteroatoms. The highest BCUT2D eigenvalue weighted by Crippen LogP contribution is 2.40. The van der Waals surface area contributed by atoms with Crippen LogP contribution < -0.4 is 10.1 Å². The number of hydrogen-bond donors (Lipinski definition) is 1. The smallest absolute Gasteiger partial charge is 0.407 e. The van der Waals surface area contributed by atoms with Crippen LogP contribution in [0.1, 0.15) is 51.5 Å². The molecule has 0 aromatic heterocycles. The Balaban J connectivity index is 1.81. The van der Waals surface area contributed by atoms with Gasteiger partial charge in [0, 0.05) is 16.6 Å². The Hall–Kier alpha value is -1.23. The van der Waals surface area contributed by atoms with Gasteiger partial charge in [0.05, 0.1) is 6.61 Å². The van der Waals surface area contributed by atoms with Crippen LogP contribution in [0.25, 0.3) is 0 Å². The van der Waals surface area contributed by atoms with E-state index in [4.69, 9.17) is 9.47 Å². The zero-order valence-electron chi connectivity index (χ0n) is 13.4. The van der Waals surface area contributed by atoms with Crippen molar-refractivity contribution in [2.45, 2.75) is 51.6 Å². The Morgan fingerprint density at radius 1 is 1.45 bits per heavy atom. The monoisotopic (exact) mass is 369 g/mol. The van der Waals surface area contributed by atoms with Crippen molar-refractivity contribution in [3.05, 3.63) is 28.2 Å². The van der Waals surface area contributed by atoms with Crippen molar-refractivity contribution in [3.8, 4) is 5.75 Å². The molecule has 0 aliphatic carbocycles. The van der Waals surface area contributed by atoms with Gasteiger partial charge in [0.1, 0.15) is 11.4 Å². The zero-order valence-corrected chi connectivity index (χ0v) is 15.0. The molecule has 0 saturated carbocycles. The van der Waals surface area contributed by atoms with Crippen LogP contribution in [-0.2, 0) is 4.74 Å². The molecule has 1 heterocycles. The maximum absolute atomic E-state index is 11.6. The number of carbonyl (C=O) groups excluding carboxylic acids is 1. The Labute approximate surface area is 140 Å². The Bertz CT molecular complexity index is 525. The number of alkyl carbamates (subject to hydrolysis) is 1. The maximum atomic E-state index is 11.6. The quantitative estimate of drug-likeness (QED) is 0.787. The second kappa shape index (κ2) is 7.36. The van der Waals surface area contributed by atoms with Crippen LogP contribution in [0.5, 0.6) is 5.75 Å². The van der Waals surface area contributed by atoms with Gasteiger partial charge in [0.15, 0.2) is 0 Å². The van der Waals surface area contributed by atoms with Crippen LogP contribution in [0, 0.1) is 0 Å². The summed E-state index contributed by atoms with van der Waals surface area (Å²) in [6, 6.07) is 6.07. The van der Waals surface area contributed by atoms with Gasteiger partial charge < -0.3 is 14.8 Å². The van der Waals surface area contributed by atoms with E-state index in [0.29, 0.717) is 12.5 Å². The summed E-state index contributed by atoms with van der Waals surface area (Å²) in [5.41, 5.74) is 0.806. The number of halogens is 1. The van der Waals surface area contributed by atoms with Gasteiger partial charge in [0.25, 0.3) is 0 Å². The second-order valence-corrected chi connectivity index (χ2v) is 7.41. The Morgan fingerprint density at radius 2 is 2.23 bits per heavy atom. The lowest BCUT2D eigenvalue weighted by atomic mass is 9.89. The van der Waals surface area contributed by atoms with Crippen LogP contribution in [0.15, 0.2) is 22.7 Å². The molecule has 4 nitrogen and oxygen atoms in total. The fourth-order valence-corrected chi connectivity index (χ4v) is 3.31. The van der Waals surface area contributed by atoms with Gasteiger partial charge in [0.2, 0.25) is 0 Å². The van der Waals surface area contributed by atoms with Gasteiger partial charge in [-0.2, -0.15) is 0 Å². The van der Waals surface area contributed by atoms with Gasteiger partial charge in [-0.3, -0.25) is 0 Å². The van der Waals surface area contributed by atoms with Crippen LogP contribution >= 0.6 is 15.9 Å². The Kier molecular flexibility index (Phi) is 5.73. The molecule has 0 fully saturated rings. The number of fused-ring (bicyclic) bond motifs is 1. The summed E-state index contributed by atoms with van der Waals surface area (Å²) >= 11 is 3.62. The summed E-state index contributed by atoms with van der Waals surface area (Å²) < 4.78 is 12.0. The Morgan fingerprint density at radius 3 is 2.95 bits per heavy atom. The van der Waals surface area contributed by atoms with Gasteiger partial charge in [-0.1, -0.05) is 22.0 Å². The van der Waals surface area contributed by atoms with Gasteiger partial charge in [-0.25, -0.2) is 4.79 Å². The molecule has 1 aliphatic heterocycles. The zero-order chi connectivity index (χ0) is 16.2. The molecular formula is C17H24BrNO3. The van der Waals surface area contributed by atoms with E-state index in [-0.39, 0.29) is 6.09 Å². The van der Waals surface area contributed by atoms with Crippen molar-refractivity contribution in [3.63, 3.8) is 0 Å². The lowest BCUT2D eigenvalue weighted by molar-refractivity contribution is 0.0526. The highest BCUT2D eigenvalue weighted by atomic mass is 79.9. The minimum absolute atomic E-state index is 0.346. The lowest BCUT2D eigenvalue weighted by Gasteiger charge is -2.27. The predicted molar refractivity (Wildman–Crippen MR) is 90.5 cm³/mol. The van der Waals surface area contributed by atoms with Crippen molar-refractivity contribution >= 4 is 22.0 Å². The highest BCUT2D eigenvalue weighted by Gasteiger charge is 2.23. The van der Waals surface area contributed by atoms with Crippen molar-refractivity contribution in [2.24, 2.45) is 0 Å². The van der Waals surface area contributed by atoms with E-state index in [1.54, 1.807) is 0 Å². The molecule has 1 aromatic rings. The first kappa shape index (κ1) is 17.1. The van der Waals surface area contributed by atoms with Crippen molar-refractivity contribution < 1.29 is 14.3 Å². The molecule has 1 aromatic carbocycles. The third-order valence-corrected chi connectivity index (χ3v) is 4.23. The average Bonchev–Trinajstić information content (AvgIpc) is 2.42. The molecular weight excluding hydrogens is 346 g/mol. The number of nitrogens with one attached hydrogen (secondary N) is 1. The first-order valence-corrected chi connectivity index (χ1v) is 8.54. The second-order valence-electron chi connectivity index (χ2n) is 6.56. The molecule has 0 spiro atoms. The summed E-state index contributed by atoms with van der Waals surface area (Å²) in [5, 5.41) is 2.81. The number of hydrogen-bond acceptors (Lipinski definition) is 3. The summed E-state index contributed by atoms with van der Waals surface area (Å²) in [4.78, 5) is 11.6. The van der Waals surface area contributed by atoms with Crippen molar-refractivity contribution in [2.75, 3.05) is 13.2 Å². The number of amides is 1. The molecule has 1 aliphatic rings. The number of carbonyl (C=O) groups is 1. The molecule has 122 valence electrons. The van der Waals surface area contributed by atoms with Gasteiger partial charge in [-0.05, 0) is 58.1 Å². The largest absolute Gasteiger partial charge is 0.493 e. The molecule has 1 N–H and O–H groups in total. The highest BCUT2D eigenvalue weighted by molar-refractivity contribution is 9.10. The molecule has 1 atom stereocenters. The van der Waals surface area contributed by atoms with E-state index in [1.807, 2.05) is 32.9 Å². The summed E-state index contributed by atoms with van der Waals surface area (Å²) in [7, 11) is 0. The number of ether oxygens (including phenoxy) is 2. The van der Waals surface area contributed by atoms with Gasteiger partial charge >= 0.3 is 6.09 Å². The van der Waals surface area contributed by atoms with E-state index in [9.17, 15) is 4.79 Å². The van der Waals surface area contributed by atoms with E-state index >= 15 is 0 Å². The average molecular weight is 370 g/mol. The SMILES string of the molecule is CC(C)(C)OC(=O)NCCCC1CCOc2cccc(Br)c21. The summed E-state index contributed by atoms with van der Waals surface area (Å²) in [6.07, 6.45) is 2.61. The fourth-order valence-electron chi connectivity index (χ4n) is 2.64. The molecule has 1 amide bonds. The third-order valence-electron chi connectivity index (χ3n) is 3.54. The molecule has 0 saturated heterocycles. The molecule has 1 unspecified atom stereocenters. The van der Waals surface area contributed by atoms with Crippen molar-refractivity contribution in [1.82, 2.24) is 5.32 Å². The normalized spacial score (nSPS) is 17.4. The van der Waals surface area contributed by atoms with Crippen LogP contribution in [0.4, 0.5) is 4.79 Å². The van der Waals surface area contributed by atoms with Crippen LogP contribution in [-0.4, -0.2) is 24.8 Å². The van der Waals surface area contributed by atoms with E-state index < -0.39 is 5.60 Å². The fraction of sp³-hybridized carbons (Fsp3) is 0.588. The molecule has 2 rings (SSSR count). The summed E-state index contributed by atoms with van der Waals surface area (Å²) in [5.74, 6) is 1.45. The lowest BCUT2D eigenvalue weighted by Crippen LogP contribution is -2.33. The molecule has 0 radical (unpaired) electrons.